The molecule has 1 saturated carbocycles. The molecular weight excluding hydrogens is 581 g/mol. The lowest BCUT2D eigenvalue weighted by molar-refractivity contribution is 0.308. The molecule has 2 nitrogen and oxygen atoms in total. The molecule has 0 unspecified atom stereocenters. The van der Waals surface area contributed by atoms with Crippen LogP contribution in [0.2, 0.25) is 0 Å². The number of unbranched alkanes of at least 4 members (excludes halogenated alkanes) is 10. The van der Waals surface area contributed by atoms with E-state index in [0.29, 0.717) is 5.71 Å². The minimum Gasteiger partial charge on any atom is -0.308 e. The van der Waals surface area contributed by atoms with E-state index in [1.807, 2.05) is 27.7 Å². The largest absolute Gasteiger partial charge is 0.308 e. The molecule has 0 saturated heterocycles. The first-order chi connectivity index (χ1) is 22.7. The van der Waals surface area contributed by atoms with Crippen LogP contribution in [0.3, 0.4) is 0 Å². The standard InChI is InChI=1S/C8H12N2.C8H16.C8H10.2C8H18.C4H8.C2H6/c1-6(2)8(10)4-7(3)5-9;1-7-3-5-8(2)6-4-7;1-7-4-3-5-8(2)6-7;2*1-3-5-7-8-6-4-2;1-4(2)3;1-2/h4-5,9-10H,1H2,2-3H3;7-8H,3-6H2,1-2H3;3-6H,1-2H3;2*3-8H2,1-2H3;1H2,2-3H3;1-2H3/b7-4-,9-5?,10-8?;;;;;;. The summed E-state index contributed by atoms with van der Waals surface area (Å²) in [6, 6.07) is 8.45. The molecule has 48 heavy (non-hydrogen) atoms. The van der Waals surface area contributed by atoms with Crippen LogP contribution in [0.4, 0.5) is 0 Å². The average Bonchev–Trinajstić information content (AvgIpc) is 3.04. The summed E-state index contributed by atoms with van der Waals surface area (Å²) in [4.78, 5) is 0. The van der Waals surface area contributed by atoms with E-state index in [1.165, 1.54) is 126 Å². The molecule has 2 N–H and O–H groups in total. The van der Waals surface area contributed by atoms with Crippen molar-refractivity contribution in [3.8, 4) is 0 Å². The third kappa shape index (κ3) is 56.1. The summed E-state index contributed by atoms with van der Waals surface area (Å²) in [5.74, 6) is 2.04. The first kappa shape index (κ1) is 55.2. The monoisotopic (exact) mass is 669 g/mol. The molecule has 0 spiro atoms. The number of aryl methyl sites for hydroxylation is 2. The summed E-state index contributed by atoms with van der Waals surface area (Å²) >= 11 is 0. The quantitative estimate of drug-likeness (QED) is 0.119. The molecule has 1 aliphatic carbocycles. The number of nitrogens with one attached hydrogen (secondary N) is 2. The second-order valence-electron chi connectivity index (χ2n) is 13.8. The van der Waals surface area contributed by atoms with Crippen molar-refractivity contribution in [2.45, 2.75) is 200 Å². The number of hydrogen-bond donors (Lipinski definition) is 2. The molecule has 1 fully saturated rings. The second kappa shape index (κ2) is 44.8. The zero-order valence-electron chi connectivity index (χ0n) is 35.3. The fourth-order valence-electron chi connectivity index (χ4n) is 4.33. The van der Waals surface area contributed by atoms with E-state index < -0.39 is 0 Å². The lowest BCUT2D eigenvalue weighted by atomic mass is 9.84. The lowest BCUT2D eigenvalue weighted by Crippen LogP contribution is -2.08. The molecule has 0 amide bonds. The number of hydrogen-bond acceptors (Lipinski definition) is 2. The summed E-state index contributed by atoms with van der Waals surface area (Å²) in [7, 11) is 0. The van der Waals surface area contributed by atoms with Gasteiger partial charge in [-0.1, -0.05) is 206 Å². The SMILES string of the molecule is C=C(C)C.C=C(C)C(=N)/C=C(/C)C=N.CC.CC1CCC(C)CC1.CCCCCCCC.CCCCCCCC.Cc1cccc(C)c1. The van der Waals surface area contributed by atoms with E-state index in [9.17, 15) is 0 Å². The van der Waals surface area contributed by atoms with E-state index in [0.717, 1.165) is 23.0 Å². The minimum atomic E-state index is 0.390. The number of allylic oxidation sites excluding steroid dienone is 4. The van der Waals surface area contributed by atoms with Gasteiger partial charge in [0.1, 0.15) is 0 Å². The summed E-state index contributed by atoms with van der Waals surface area (Å²) in [6.45, 7) is 36.6. The van der Waals surface area contributed by atoms with Crippen molar-refractivity contribution in [1.82, 2.24) is 0 Å². The molecule has 0 radical (unpaired) electrons. The zero-order chi connectivity index (χ0) is 38.2. The van der Waals surface area contributed by atoms with Gasteiger partial charge in [0.2, 0.25) is 0 Å². The molecule has 282 valence electrons. The van der Waals surface area contributed by atoms with Crippen LogP contribution in [0.5, 0.6) is 0 Å². The van der Waals surface area contributed by atoms with Gasteiger partial charge in [0.15, 0.2) is 0 Å². The minimum absolute atomic E-state index is 0.390. The lowest BCUT2D eigenvalue weighted by Gasteiger charge is -2.22. The molecule has 0 aromatic heterocycles. The second-order valence-corrected chi connectivity index (χ2v) is 13.8. The molecule has 0 atom stereocenters. The Bertz CT molecular complexity index is 813. The predicted octanol–water partition coefficient (Wildman–Crippen LogP) is 16.7. The third-order valence-corrected chi connectivity index (χ3v) is 7.45. The highest BCUT2D eigenvalue weighted by molar-refractivity contribution is 6.07. The molecule has 1 aliphatic rings. The van der Waals surface area contributed by atoms with E-state index in [4.69, 9.17) is 10.8 Å². The summed E-state index contributed by atoms with van der Waals surface area (Å²) in [5.41, 5.74) is 5.73. The molecule has 0 bridgehead atoms. The van der Waals surface area contributed by atoms with Gasteiger partial charge >= 0.3 is 0 Å². The van der Waals surface area contributed by atoms with Gasteiger partial charge in [0.25, 0.3) is 0 Å². The van der Waals surface area contributed by atoms with Crippen molar-refractivity contribution in [1.29, 1.82) is 10.8 Å². The predicted molar refractivity (Wildman–Crippen MR) is 228 cm³/mol. The molecule has 1 aromatic rings. The topological polar surface area (TPSA) is 47.7 Å². The fraction of sp³-hybridized carbons (Fsp3) is 0.696. The first-order valence-electron chi connectivity index (χ1n) is 19.8. The van der Waals surface area contributed by atoms with Crippen LogP contribution < -0.4 is 0 Å². The maximum Gasteiger partial charge on any atom is 0.0566 e. The Labute approximate surface area is 304 Å². The molecule has 1 aromatic carbocycles. The van der Waals surface area contributed by atoms with Crippen LogP contribution >= 0.6 is 0 Å². The summed E-state index contributed by atoms with van der Waals surface area (Å²) in [6.07, 6.45) is 25.7. The van der Waals surface area contributed by atoms with Gasteiger partial charge < -0.3 is 10.8 Å². The molecule has 2 rings (SSSR count). The van der Waals surface area contributed by atoms with E-state index in [2.05, 4.69) is 92.8 Å². The highest BCUT2D eigenvalue weighted by Crippen LogP contribution is 2.27. The Morgan fingerprint density at radius 2 is 0.958 bits per heavy atom. The van der Waals surface area contributed by atoms with E-state index >= 15 is 0 Å². The normalized spacial score (nSPS) is 14.3. The van der Waals surface area contributed by atoms with Crippen molar-refractivity contribution in [3.05, 3.63) is 71.3 Å². The fourth-order valence-corrected chi connectivity index (χ4v) is 4.33. The van der Waals surface area contributed by atoms with Gasteiger partial charge in [-0.15, -0.1) is 6.58 Å². The highest BCUT2D eigenvalue weighted by atomic mass is 14.4. The third-order valence-electron chi connectivity index (χ3n) is 7.45. The maximum absolute atomic E-state index is 7.30. The Hall–Kier alpha value is -2.22. The van der Waals surface area contributed by atoms with Crippen LogP contribution in [-0.2, 0) is 0 Å². The van der Waals surface area contributed by atoms with Gasteiger partial charge in [-0.3, -0.25) is 0 Å². The highest BCUT2D eigenvalue weighted by Gasteiger charge is 2.13. The van der Waals surface area contributed by atoms with Crippen molar-refractivity contribution in [3.63, 3.8) is 0 Å². The average molecular weight is 669 g/mol. The van der Waals surface area contributed by atoms with E-state index in [-0.39, 0.29) is 0 Å². The Morgan fingerprint density at radius 1 is 0.667 bits per heavy atom. The van der Waals surface area contributed by atoms with Gasteiger partial charge in [0.05, 0.1) is 5.71 Å². The first-order valence-corrected chi connectivity index (χ1v) is 19.8. The van der Waals surface area contributed by atoms with Gasteiger partial charge in [0, 0.05) is 6.21 Å². The van der Waals surface area contributed by atoms with Crippen LogP contribution in [0, 0.1) is 36.5 Å². The summed E-state index contributed by atoms with van der Waals surface area (Å²) in [5, 5.41) is 14.1. The number of rotatable bonds is 13. The number of benzene rings is 1. The van der Waals surface area contributed by atoms with Crippen LogP contribution in [0.1, 0.15) is 197 Å². The van der Waals surface area contributed by atoms with Gasteiger partial charge in [-0.05, 0) is 70.6 Å². The Balaban J connectivity index is -0.000000154. The van der Waals surface area contributed by atoms with Gasteiger partial charge in [-0.25, -0.2) is 0 Å². The Kier molecular flexibility index (Phi) is 51.5. The zero-order valence-corrected chi connectivity index (χ0v) is 35.3. The van der Waals surface area contributed by atoms with Gasteiger partial charge in [-0.2, -0.15) is 0 Å². The smallest absolute Gasteiger partial charge is 0.0566 e. The molecular formula is C46H88N2. The van der Waals surface area contributed by atoms with Crippen LogP contribution in [0.25, 0.3) is 0 Å². The van der Waals surface area contributed by atoms with Crippen molar-refractivity contribution in [2.75, 3.05) is 0 Å². The van der Waals surface area contributed by atoms with Crippen LogP contribution in [-0.4, -0.2) is 11.9 Å². The summed E-state index contributed by atoms with van der Waals surface area (Å²) < 4.78 is 0. The van der Waals surface area contributed by atoms with Crippen LogP contribution in [0.15, 0.2) is 60.2 Å². The molecule has 0 heterocycles. The molecule has 2 heteroatoms. The molecule has 0 aliphatic heterocycles. The Morgan fingerprint density at radius 3 is 1.15 bits per heavy atom. The van der Waals surface area contributed by atoms with E-state index in [1.54, 1.807) is 19.9 Å². The van der Waals surface area contributed by atoms with Crippen molar-refractivity contribution >= 4 is 11.9 Å². The maximum atomic E-state index is 7.30. The van der Waals surface area contributed by atoms with Crippen molar-refractivity contribution in [2.24, 2.45) is 11.8 Å². The van der Waals surface area contributed by atoms with Crippen molar-refractivity contribution < 1.29 is 0 Å².